The van der Waals surface area contributed by atoms with Crippen LogP contribution >= 0.6 is 0 Å². The quantitative estimate of drug-likeness (QED) is 0.823. The maximum Gasteiger partial charge on any atom is 0.361 e. The van der Waals surface area contributed by atoms with Crippen LogP contribution in [0.5, 0.6) is 0 Å². The van der Waals surface area contributed by atoms with Crippen molar-refractivity contribution in [3.05, 3.63) is 58.1 Å². The predicted octanol–water partition coefficient (Wildman–Crippen LogP) is 3.82. The van der Waals surface area contributed by atoms with E-state index in [0.717, 1.165) is 49.8 Å². The summed E-state index contributed by atoms with van der Waals surface area (Å²) in [4.78, 5) is 13.0. The summed E-state index contributed by atoms with van der Waals surface area (Å²) in [7, 11) is 0. The number of carbonyl (C=O) groups excluding carboxylic acids is 1. The van der Waals surface area contributed by atoms with Crippen molar-refractivity contribution in [1.29, 1.82) is 0 Å². The molecule has 0 aromatic heterocycles. The molecular formula is C20H22N2O2S. The molecule has 1 atom stereocenters. The Morgan fingerprint density at radius 3 is 2.20 bits per heavy atom. The molecule has 25 heavy (non-hydrogen) atoms. The Balaban J connectivity index is 1.53. The van der Waals surface area contributed by atoms with Crippen LogP contribution in [0.3, 0.4) is 0 Å². The van der Waals surface area contributed by atoms with Crippen LogP contribution < -0.4 is 10.0 Å². The van der Waals surface area contributed by atoms with Crippen LogP contribution in [0.15, 0.2) is 35.2 Å². The van der Waals surface area contributed by atoms with Crippen LogP contribution in [0.4, 0.5) is 10.5 Å². The summed E-state index contributed by atoms with van der Waals surface area (Å²) in [6, 6.07) is 9.28. The molecule has 1 unspecified atom stereocenters. The summed E-state index contributed by atoms with van der Waals surface area (Å²) in [6.45, 7) is 1.98. The number of hydrogen-bond acceptors (Lipinski definition) is 2. The molecule has 2 aliphatic carbocycles. The van der Waals surface area contributed by atoms with Gasteiger partial charge in [-0.2, -0.15) is 0 Å². The van der Waals surface area contributed by atoms with E-state index in [-0.39, 0.29) is 0 Å². The minimum atomic E-state index is -1.55. The van der Waals surface area contributed by atoms with Crippen LogP contribution in [-0.4, -0.2) is 10.6 Å². The molecule has 2 aliphatic rings. The Kier molecular flexibility index (Phi) is 4.44. The first kappa shape index (κ1) is 16.5. The van der Waals surface area contributed by atoms with Gasteiger partial charge in [0.2, 0.25) is 0 Å². The molecule has 4 rings (SSSR count). The van der Waals surface area contributed by atoms with Gasteiger partial charge in [0.05, 0.1) is 0 Å². The highest BCUT2D eigenvalue weighted by molar-refractivity contribution is 7.90. The third-order valence-corrected chi connectivity index (χ3v) is 6.20. The number of fused-ring (bicyclic) bond motifs is 2. The number of anilines is 1. The van der Waals surface area contributed by atoms with E-state index in [1.165, 1.54) is 22.3 Å². The fraction of sp³-hybridized carbons (Fsp3) is 0.350. The van der Waals surface area contributed by atoms with E-state index in [9.17, 15) is 9.35 Å². The maximum atomic E-state index is 12.4. The third-order valence-electron chi connectivity index (χ3n) is 5.13. The third kappa shape index (κ3) is 3.26. The number of nitrogens with one attached hydrogen (secondary N) is 2. The molecule has 0 spiro atoms. The van der Waals surface area contributed by atoms with Crippen molar-refractivity contribution >= 4 is 23.1 Å². The van der Waals surface area contributed by atoms with Gasteiger partial charge in [0.25, 0.3) is 0 Å². The first-order chi connectivity index (χ1) is 12.1. The van der Waals surface area contributed by atoms with Crippen molar-refractivity contribution in [2.75, 3.05) is 5.32 Å². The molecule has 0 aliphatic heterocycles. The van der Waals surface area contributed by atoms with E-state index >= 15 is 0 Å². The highest BCUT2D eigenvalue weighted by atomic mass is 32.2. The number of aryl methyl sites for hydroxylation is 3. The summed E-state index contributed by atoms with van der Waals surface area (Å²) in [5.41, 5.74) is 7.36. The minimum absolute atomic E-state index is 0.395. The molecule has 2 aromatic carbocycles. The van der Waals surface area contributed by atoms with Gasteiger partial charge in [-0.15, -0.1) is 4.72 Å². The van der Waals surface area contributed by atoms with E-state index in [2.05, 4.69) is 16.1 Å². The number of amides is 2. The second-order valence-electron chi connectivity index (χ2n) is 6.87. The molecule has 0 bridgehead atoms. The van der Waals surface area contributed by atoms with Crippen molar-refractivity contribution in [2.24, 2.45) is 0 Å². The van der Waals surface area contributed by atoms with Gasteiger partial charge in [0.1, 0.15) is 11.4 Å². The molecule has 0 radical (unpaired) electrons. The zero-order valence-electron chi connectivity index (χ0n) is 14.4. The summed E-state index contributed by atoms with van der Waals surface area (Å²) in [5, 5.41) is 3.01. The molecule has 2 N–H and O–H groups in total. The molecule has 5 heteroatoms. The second-order valence-corrected chi connectivity index (χ2v) is 8.08. The first-order valence-electron chi connectivity index (χ1n) is 8.84. The lowest BCUT2D eigenvalue weighted by Gasteiger charge is -2.17. The number of rotatable bonds is 3. The maximum absolute atomic E-state index is 12.4. The van der Waals surface area contributed by atoms with Crippen LogP contribution in [0.1, 0.15) is 40.7 Å². The summed E-state index contributed by atoms with van der Waals surface area (Å²) >= 11 is -1.55. The number of hydrogen-bond donors (Lipinski definition) is 2. The Morgan fingerprint density at radius 2 is 1.60 bits per heavy atom. The zero-order chi connectivity index (χ0) is 17.4. The average Bonchev–Trinajstić information content (AvgIpc) is 3.24. The van der Waals surface area contributed by atoms with E-state index in [4.69, 9.17) is 0 Å². The second kappa shape index (κ2) is 6.73. The van der Waals surface area contributed by atoms with E-state index in [1.807, 2.05) is 19.1 Å². The summed E-state index contributed by atoms with van der Waals surface area (Å²) in [5.74, 6) is 0. The van der Waals surface area contributed by atoms with Gasteiger partial charge in [0, 0.05) is 5.69 Å². The van der Waals surface area contributed by atoms with E-state index in [0.29, 0.717) is 4.90 Å². The van der Waals surface area contributed by atoms with Crippen molar-refractivity contribution in [1.82, 2.24) is 4.72 Å². The first-order valence-corrected chi connectivity index (χ1v) is 9.99. The molecule has 0 heterocycles. The number of carbonyl (C=O) groups is 1. The lowest BCUT2D eigenvalue weighted by molar-refractivity contribution is 0.256. The van der Waals surface area contributed by atoms with E-state index in [1.54, 1.807) is 12.1 Å². The van der Waals surface area contributed by atoms with Crippen LogP contribution in [0.2, 0.25) is 0 Å². The van der Waals surface area contributed by atoms with Gasteiger partial charge in [-0.1, -0.05) is 23.8 Å². The SMILES string of the molecule is Cc1ccc([S+]([O-])NC(=O)Nc2c3c(cc4c2CCC4)CCC3)cc1. The Hall–Kier alpha value is -1.98. The van der Waals surface area contributed by atoms with Gasteiger partial charge in [-0.3, -0.25) is 0 Å². The van der Waals surface area contributed by atoms with Gasteiger partial charge in [-0.05, 0) is 79.8 Å². The molecular weight excluding hydrogens is 332 g/mol. The largest absolute Gasteiger partial charge is 0.588 e. The molecule has 4 nitrogen and oxygen atoms in total. The molecule has 2 amide bonds. The molecule has 0 saturated heterocycles. The van der Waals surface area contributed by atoms with Crippen molar-refractivity contribution in [3.63, 3.8) is 0 Å². The number of benzene rings is 2. The summed E-state index contributed by atoms with van der Waals surface area (Å²) in [6.07, 6.45) is 6.49. The lowest BCUT2D eigenvalue weighted by atomic mass is 9.99. The molecule has 0 saturated carbocycles. The van der Waals surface area contributed by atoms with Crippen LogP contribution in [-0.2, 0) is 37.0 Å². The van der Waals surface area contributed by atoms with Crippen LogP contribution in [0, 0.1) is 6.92 Å². The molecule has 130 valence electrons. The standard InChI is InChI=1S/C20H22N2O2S/c1-13-8-10-16(11-9-13)25(24)22-20(23)21-19-17-6-2-4-14(17)12-15-5-3-7-18(15)19/h8-12H,2-7H2,1H3,(H2,21,22,23). The highest BCUT2D eigenvalue weighted by Crippen LogP contribution is 2.38. The highest BCUT2D eigenvalue weighted by Gasteiger charge is 2.26. The summed E-state index contributed by atoms with van der Waals surface area (Å²) < 4.78 is 14.9. The Bertz CT molecular complexity index is 785. The van der Waals surface area contributed by atoms with Gasteiger partial charge < -0.3 is 9.87 Å². The zero-order valence-corrected chi connectivity index (χ0v) is 15.2. The lowest BCUT2D eigenvalue weighted by Crippen LogP contribution is -2.35. The Labute approximate surface area is 151 Å². The predicted molar refractivity (Wildman–Crippen MR) is 100 cm³/mol. The van der Waals surface area contributed by atoms with Crippen molar-refractivity contribution < 1.29 is 9.35 Å². The molecule has 0 fully saturated rings. The molecule has 2 aromatic rings. The van der Waals surface area contributed by atoms with E-state index < -0.39 is 17.4 Å². The van der Waals surface area contributed by atoms with Gasteiger partial charge in [-0.25, -0.2) is 4.79 Å². The Morgan fingerprint density at radius 1 is 1.00 bits per heavy atom. The van der Waals surface area contributed by atoms with Crippen molar-refractivity contribution in [2.45, 2.75) is 50.3 Å². The normalized spacial score (nSPS) is 16.2. The minimum Gasteiger partial charge on any atom is -0.588 e. The fourth-order valence-electron chi connectivity index (χ4n) is 3.91. The van der Waals surface area contributed by atoms with Crippen molar-refractivity contribution in [3.8, 4) is 0 Å². The monoisotopic (exact) mass is 354 g/mol. The smallest absolute Gasteiger partial charge is 0.361 e. The van der Waals surface area contributed by atoms with Gasteiger partial charge >= 0.3 is 6.03 Å². The topological polar surface area (TPSA) is 64.2 Å². The fourth-order valence-corrected chi connectivity index (χ4v) is 4.63. The van der Waals surface area contributed by atoms with Crippen LogP contribution in [0.25, 0.3) is 0 Å². The number of urea groups is 1. The average molecular weight is 354 g/mol. The van der Waals surface area contributed by atoms with Gasteiger partial charge in [0.15, 0.2) is 4.90 Å².